The first-order valence-corrected chi connectivity index (χ1v) is 11.9. The van der Waals surface area contributed by atoms with Gasteiger partial charge >= 0.3 is 0 Å². The average Bonchev–Trinajstić information content (AvgIpc) is 2.80. The third kappa shape index (κ3) is 5.06. The quantitative estimate of drug-likeness (QED) is 0.390. The molecule has 3 aromatic rings. The molecule has 0 bridgehead atoms. The van der Waals surface area contributed by atoms with Crippen molar-refractivity contribution in [2.24, 2.45) is 5.10 Å². The lowest BCUT2D eigenvalue weighted by molar-refractivity contribution is 0.217. The van der Waals surface area contributed by atoms with E-state index >= 15 is 0 Å². The van der Waals surface area contributed by atoms with E-state index in [1.54, 1.807) is 6.21 Å². The highest BCUT2D eigenvalue weighted by Gasteiger charge is 2.22. The van der Waals surface area contributed by atoms with Crippen LogP contribution in [0.5, 0.6) is 5.75 Å². The molecule has 162 valence electrons. The number of nitrogens with zero attached hydrogens (tertiary/aromatic N) is 3. The lowest BCUT2D eigenvalue weighted by Gasteiger charge is -2.22. The predicted octanol–water partition coefficient (Wildman–Crippen LogP) is 6.27. The minimum atomic E-state index is -0.125. The maximum atomic E-state index is 13.3. The van der Waals surface area contributed by atoms with Gasteiger partial charge in [-0.3, -0.25) is 4.79 Å². The van der Waals surface area contributed by atoms with Gasteiger partial charge in [-0.15, -0.1) is 0 Å². The minimum Gasteiger partial charge on any atom is -0.491 e. The van der Waals surface area contributed by atoms with E-state index in [2.05, 4.69) is 34.9 Å². The van der Waals surface area contributed by atoms with Crippen LogP contribution in [0.15, 0.2) is 56.8 Å². The summed E-state index contributed by atoms with van der Waals surface area (Å²) in [4.78, 5) is 18.2. The molecule has 1 heterocycles. The maximum absolute atomic E-state index is 13.3. The number of aromatic nitrogens is 2. The number of hydrogen-bond donors (Lipinski definition) is 0. The zero-order chi connectivity index (χ0) is 21.8. The van der Waals surface area contributed by atoms with Crippen molar-refractivity contribution in [1.29, 1.82) is 0 Å². The Morgan fingerprint density at radius 3 is 2.65 bits per heavy atom. The van der Waals surface area contributed by atoms with Gasteiger partial charge in [0, 0.05) is 10.4 Å². The molecule has 0 N–H and O–H groups in total. The summed E-state index contributed by atoms with van der Waals surface area (Å²) in [5, 5.41) is 5.17. The van der Waals surface area contributed by atoms with E-state index in [0.29, 0.717) is 5.39 Å². The van der Waals surface area contributed by atoms with Crippen molar-refractivity contribution in [3.63, 3.8) is 0 Å². The SMILES string of the molecule is CC[C@H](C)Oc1ccc(C=Nn2c(C3CCCCC3)nc3ccc(Br)cc3c2=O)cc1. The number of rotatable bonds is 6. The van der Waals surface area contributed by atoms with Crippen LogP contribution in [0.4, 0.5) is 0 Å². The van der Waals surface area contributed by atoms with Gasteiger partial charge in [0.25, 0.3) is 5.56 Å². The molecule has 5 nitrogen and oxygen atoms in total. The van der Waals surface area contributed by atoms with Crippen LogP contribution in [-0.4, -0.2) is 22.0 Å². The first-order chi connectivity index (χ1) is 15.0. The minimum absolute atomic E-state index is 0.125. The van der Waals surface area contributed by atoms with Gasteiger partial charge in [0.2, 0.25) is 0 Å². The van der Waals surface area contributed by atoms with Gasteiger partial charge in [-0.2, -0.15) is 9.78 Å². The number of ether oxygens (including phenoxy) is 1. The summed E-state index contributed by atoms with van der Waals surface area (Å²) in [6.45, 7) is 4.16. The Labute approximate surface area is 191 Å². The zero-order valence-electron chi connectivity index (χ0n) is 18.1. The normalized spacial score (nSPS) is 16.1. The summed E-state index contributed by atoms with van der Waals surface area (Å²) in [7, 11) is 0. The van der Waals surface area contributed by atoms with Crippen LogP contribution in [0.25, 0.3) is 10.9 Å². The van der Waals surface area contributed by atoms with Crippen LogP contribution in [0.2, 0.25) is 0 Å². The highest BCUT2D eigenvalue weighted by Crippen LogP contribution is 2.32. The summed E-state index contributed by atoms with van der Waals surface area (Å²) in [6.07, 6.45) is 8.54. The molecule has 31 heavy (non-hydrogen) atoms. The molecule has 0 spiro atoms. The third-order valence-electron chi connectivity index (χ3n) is 5.92. The number of benzene rings is 2. The van der Waals surface area contributed by atoms with Gasteiger partial charge in [-0.1, -0.05) is 42.1 Å². The van der Waals surface area contributed by atoms with Crippen molar-refractivity contribution in [2.45, 2.75) is 64.4 Å². The van der Waals surface area contributed by atoms with E-state index in [1.165, 1.54) is 23.9 Å². The lowest BCUT2D eigenvalue weighted by Crippen LogP contribution is -2.25. The first-order valence-electron chi connectivity index (χ1n) is 11.1. The van der Waals surface area contributed by atoms with E-state index in [-0.39, 0.29) is 17.6 Å². The molecule has 0 saturated heterocycles. The Morgan fingerprint density at radius 2 is 1.94 bits per heavy atom. The van der Waals surface area contributed by atoms with Crippen LogP contribution in [0.3, 0.4) is 0 Å². The fourth-order valence-electron chi connectivity index (χ4n) is 3.98. The molecule has 1 atom stereocenters. The Bertz CT molecular complexity index is 1130. The molecular weight excluding hydrogens is 454 g/mol. The highest BCUT2D eigenvalue weighted by atomic mass is 79.9. The van der Waals surface area contributed by atoms with Crippen LogP contribution in [0, 0.1) is 0 Å². The van der Waals surface area contributed by atoms with Gasteiger partial charge in [0.05, 0.1) is 23.2 Å². The van der Waals surface area contributed by atoms with Crippen molar-refractivity contribution in [3.8, 4) is 5.75 Å². The largest absolute Gasteiger partial charge is 0.491 e. The molecular formula is C25H28BrN3O2. The second-order valence-corrected chi connectivity index (χ2v) is 9.15. The molecule has 6 heteroatoms. The Kier molecular flexibility index (Phi) is 6.86. The van der Waals surface area contributed by atoms with Gasteiger partial charge in [0.15, 0.2) is 0 Å². The number of halogens is 1. The van der Waals surface area contributed by atoms with Crippen molar-refractivity contribution in [1.82, 2.24) is 9.66 Å². The van der Waals surface area contributed by atoms with Crippen molar-refractivity contribution >= 4 is 33.0 Å². The Morgan fingerprint density at radius 1 is 1.19 bits per heavy atom. The molecule has 0 unspecified atom stereocenters. The molecule has 1 aliphatic rings. The lowest BCUT2D eigenvalue weighted by atomic mass is 9.88. The molecule has 0 radical (unpaired) electrons. The smallest absolute Gasteiger partial charge is 0.282 e. The topological polar surface area (TPSA) is 56.5 Å². The summed E-state index contributed by atoms with van der Waals surface area (Å²) in [6, 6.07) is 13.4. The second kappa shape index (κ2) is 9.77. The molecule has 2 aromatic carbocycles. The van der Waals surface area contributed by atoms with Gasteiger partial charge in [0.1, 0.15) is 11.6 Å². The Hall–Kier alpha value is -2.47. The molecule has 4 rings (SSSR count). The summed E-state index contributed by atoms with van der Waals surface area (Å²) in [5.74, 6) is 1.87. The van der Waals surface area contributed by atoms with Crippen LogP contribution < -0.4 is 10.3 Å². The van der Waals surface area contributed by atoms with E-state index in [4.69, 9.17) is 9.72 Å². The fraction of sp³-hybridized carbons (Fsp3) is 0.400. The van der Waals surface area contributed by atoms with E-state index < -0.39 is 0 Å². The first kappa shape index (κ1) is 21.8. The average molecular weight is 482 g/mol. The molecule has 0 aliphatic heterocycles. The highest BCUT2D eigenvalue weighted by molar-refractivity contribution is 9.10. The summed E-state index contributed by atoms with van der Waals surface area (Å²) < 4.78 is 8.21. The molecule has 1 fully saturated rings. The van der Waals surface area contributed by atoms with Crippen LogP contribution in [0.1, 0.15) is 69.7 Å². The molecule has 1 saturated carbocycles. The molecule has 1 aliphatic carbocycles. The van der Waals surface area contributed by atoms with E-state index in [9.17, 15) is 4.79 Å². The molecule has 1 aromatic heterocycles. The second-order valence-electron chi connectivity index (χ2n) is 8.23. The Balaban J connectivity index is 1.71. The maximum Gasteiger partial charge on any atom is 0.282 e. The standard InChI is InChI=1S/C25H28BrN3O2/c1-3-17(2)31-21-12-9-18(10-13-21)16-27-29-24(19-7-5-4-6-8-19)28-23-14-11-20(26)15-22(23)25(29)30/h9-17,19H,3-8H2,1-2H3/t17-/m0/s1. The van der Waals surface area contributed by atoms with E-state index in [0.717, 1.165) is 46.4 Å². The zero-order valence-corrected chi connectivity index (χ0v) is 19.6. The van der Waals surface area contributed by atoms with Gasteiger partial charge in [-0.05, 0) is 74.2 Å². The van der Waals surface area contributed by atoms with Gasteiger partial charge in [-0.25, -0.2) is 4.98 Å². The van der Waals surface area contributed by atoms with Crippen molar-refractivity contribution in [3.05, 3.63) is 68.7 Å². The van der Waals surface area contributed by atoms with Crippen molar-refractivity contribution < 1.29 is 4.74 Å². The number of hydrogen-bond acceptors (Lipinski definition) is 4. The third-order valence-corrected chi connectivity index (χ3v) is 6.41. The summed E-state index contributed by atoms with van der Waals surface area (Å²) >= 11 is 3.46. The van der Waals surface area contributed by atoms with Crippen LogP contribution in [-0.2, 0) is 0 Å². The molecule has 0 amide bonds. The van der Waals surface area contributed by atoms with E-state index in [1.807, 2.05) is 42.5 Å². The van der Waals surface area contributed by atoms with Crippen LogP contribution >= 0.6 is 15.9 Å². The fourth-order valence-corrected chi connectivity index (χ4v) is 4.34. The monoisotopic (exact) mass is 481 g/mol. The number of fused-ring (bicyclic) bond motifs is 1. The van der Waals surface area contributed by atoms with Gasteiger partial charge < -0.3 is 4.74 Å². The summed E-state index contributed by atoms with van der Waals surface area (Å²) in [5.41, 5.74) is 1.51. The predicted molar refractivity (Wildman–Crippen MR) is 129 cm³/mol. The van der Waals surface area contributed by atoms with Crippen molar-refractivity contribution in [2.75, 3.05) is 0 Å².